The van der Waals surface area contributed by atoms with Crippen LogP contribution in [0.3, 0.4) is 0 Å². The lowest BCUT2D eigenvalue weighted by atomic mass is 10.3. The summed E-state index contributed by atoms with van der Waals surface area (Å²) in [7, 11) is 1.90. The first-order valence-electron chi connectivity index (χ1n) is 6.37. The third-order valence-corrected chi connectivity index (χ3v) is 3.01. The third kappa shape index (κ3) is 3.58. The van der Waals surface area contributed by atoms with Crippen LogP contribution in [0.2, 0.25) is 0 Å². The molecule has 2 N–H and O–H groups in total. The van der Waals surface area contributed by atoms with Crippen molar-refractivity contribution in [2.45, 2.75) is 19.8 Å². The molecule has 1 aromatic rings. The minimum atomic E-state index is 0.655. The van der Waals surface area contributed by atoms with Gasteiger partial charge in [0.25, 0.3) is 0 Å². The molecule has 2 rings (SSSR count). The van der Waals surface area contributed by atoms with Gasteiger partial charge in [-0.25, -0.2) is 0 Å². The molecule has 0 aromatic heterocycles. The molecule has 0 atom stereocenters. The number of nitrogens with one attached hydrogen (secondary N) is 2. The highest BCUT2D eigenvalue weighted by Gasteiger charge is 2.24. The highest BCUT2D eigenvalue weighted by molar-refractivity contribution is 5.86. The maximum Gasteiger partial charge on any atom is 0.0857 e. The van der Waals surface area contributed by atoms with E-state index in [1.807, 2.05) is 37.5 Å². The van der Waals surface area contributed by atoms with Crippen LogP contribution >= 0.6 is 0 Å². The molecule has 0 unspecified atom stereocenters. The quantitative estimate of drug-likeness (QED) is 0.459. The van der Waals surface area contributed by atoms with Crippen molar-refractivity contribution in [3.05, 3.63) is 24.3 Å². The molecule has 96 valence electrons. The van der Waals surface area contributed by atoms with Crippen LogP contribution in [0.4, 0.5) is 11.4 Å². The van der Waals surface area contributed by atoms with Crippen molar-refractivity contribution in [1.82, 2.24) is 5.43 Å². The molecule has 1 saturated carbocycles. The SMILES string of the molecule is CNc1ccccc1/N=C\CN/N=C(\C)C1CC1. The molecule has 18 heavy (non-hydrogen) atoms. The standard InChI is InChI=1S/C14H20N4/c1-11(12-7-8-12)18-17-10-9-16-14-6-4-3-5-13(14)15-2/h3-6,9,12,15,17H,7-8,10H2,1-2H3/b16-9-,18-11+. The fourth-order valence-electron chi connectivity index (χ4n) is 1.75. The molecule has 0 spiro atoms. The van der Waals surface area contributed by atoms with Gasteiger partial charge in [0, 0.05) is 19.0 Å². The summed E-state index contributed by atoms with van der Waals surface area (Å²) in [5, 5.41) is 7.44. The van der Waals surface area contributed by atoms with Crippen LogP contribution in [0.5, 0.6) is 0 Å². The maximum absolute atomic E-state index is 4.42. The average Bonchev–Trinajstić information content (AvgIpc) is 3.23. The second-order valence-corrected chi connectivity index (χ2v) is 4.47. The van der Waals surface area contributed by atoms with Crippen molar-refractivity contribution >= 4 is 23.3 Å². The van der Waals surface area contributed by atoms with Gasteiger partial charge in [-0.05, 0) is 37.8 Å². The Labute approximate surface area is 108 Å². The van der Waals surface area contributed by atoms with E-state index in [0.717, 1.165) is 17.3 Å². The zero-order valence-electron chi connectivity index (χ0n) is 11.0. The van der Waals surface area contributed by atoms with E-state index in [0.29, 0.717) is 6.54 Å². The predicted octanol–water partition coefficient (Wildman–Crippen LogP) is 2.81. The van der Waals surface area contributed by atoms with Gasteiger partial charge < -0.3 is 10.7 Å². The summed E-state index contributed by atoms with van der Waals surface area (Å²) in [4.78, 5) is 4.42. The van der Waals surface area contributed by atoms with E-state index in [4.69, 9.17) is 0 Å². The van der Waals surface area contributed by atoms with Gasteiger partial charge in [0.15, 0.2) is 0 Å². The van der Waals surface area contributed by atoms with E-state index in [1.165, 1.54) is 18.6 Å². The Morgan fingerprint density at radius 2 is 2.17 bits per heavy atom. The van der Waals surface area contributed by atoms with E-state index in [2.05, 4.69) is 27.8 Å². The highest BCUT2D eigenvalue weighted by atomic mass is 15.3. The Hall–Kier alpha value is -1.84. The van der Waals surface area contributed by atoms with Gasteiger partial charge in [0.2, 0.25) is 0 Å². The normalized spacial score (nSPS) is 16.0. The van der Waals surface area contributed by atoms with Gasteiger partial charge in [0.05, 0.1) is 17.9 Å². The summed E-state index contributed by atoms with van der Waals surface area (Å²) >= 11 is 0. The summed E-state index contributed by atoms with van der Waals surface area (Å²) in [6.07, 6.45) is 4.43. The van der Waals surface area contributed by atoms with Crippen molar-refractivity contribution in [1.29, 1.82) is 0 Å². The van der Waals surface area contributed by atoms with Gasteiger partial charge in [-0.1, -0.05) is 12.1 Å². The Kier molecular flexibility index (Phi) is 4.34. The minimum absolute atomic E-state index is 0.655. The van der Waals surface area contributed by atoms with Crippen LogP contribution in [-0.4, -0.2) is 25.5 Å². The van der Waals surface area contributed by atoms with Crippen LogP contribution in [0.15, 0.2) is 34.4 Å². The van der Waals surface area contributed by atoms with Gasteiger partial charge in [-0.15, -0.1) is 0 Å². The summed E-state index contributed by atoms with van der Waals surface area (Å²) in [5.41, 5.74) is 6.22. The van der Waals surface area contributed by atoms with E-state index in [-0.39, 0.29) is 0 Å². The highest BCUT2D eigenvalue weighted by Crippen LogP contribution is 2.30. The van der Waals surface area contributed by atoms with E-state index >= 15 is 0 Å². The first-order valence-corrected chi connectivity index (χ1v) is 6.37. The first kappa shape index (κ1) is 12.6. The number of hydrazone groups is 1. The minimum Gasteiger partial charge on any atom is -0.386 e. The van der Waals surface area contributed by atoms with Crippen molar-refractivity contribution in [3.8, 4) is 0 Å². The lowest BCUT2D eigenvalue weighted by Crippen LogP contribution is -2.12. The number of para-hydroxylation sites is 2. The van der Waals surface area contributed by atoms with Gasteiger partial charge in [-0.3, -0.25) is 4.99 Å². The van der Waals surface area contributed by atoms with E-state index in [9.17, 15) is 0 Å². The maximum atomic E-state index is 4.42. The second-order valence-electron chi connectivity index (χ2n) is 4.47. The van der Waals surface area contributed by atoms with E-state index in [1.54, 1.807) is 0 Å². The molecule has 4 heteroatoms. The molecular weight excluding hydrogens is 224 g/mol. The lowest BCUT2D eigenvalue weighted by molar-refractivity contribution is 0.841. The number of aliphatic imine (C=N–C) groups is 1. The van der Waals surface area contributed by atoms with Gasteiger partial charge in [0.1, 0.15) is 0 Å². The van der Waals surface area contributed by atoms with Crippen LogP contribution in [0.1, 0.15) is 19.8 Å². The zero-order chi connectivity index (χ0) is 12.8. The largest absolute Gasteiger partial charge is 0.386 e. The molecule has 0 aliphatic heterocycles. The molecule has 0 saturated heterocycles. The fraction of sp³-hybridized carbons (Fsp3) is 0.429. The fourth-order valence-corrected chi connectivity index (χ4v) is 1.75. The summed E-state index contributed by atoms with van der Waals surface area (Å²) < 4.78 is 0. The van der Waals surface area contributed by atoms with Crippen molar-refractivity contribution in [3.63, 3.8) is 0 Å². The molecule has 0 bridgehead atoms. The summed E-state index contributed by atoms with van der Waals surface area (Å²) in [5.74, 6) is 0.722. The predicted molar refractivity (Wildman–Crippen MR) is 78.0 cm³/mol. The Bertz CT molecular complexity index is 447. The molecule has 0 heterocycles. The molecule has 1 aliphatic rings. The average molecular weight is 244 g/mol. The van der Waals surface area contributed by atoms with Crippen LogP contribution in [0, 0.1) is 5.92 Å². The molecule has 0 amide bonds. The molecular formula is C14H20N4. The number of rotatable bonds is 6. The van der Waals surface area contributed by atoms with Crippen molar-refractivity contribution in [2.75, 3.05) is 18.9 Å². The topological polar surface area (TPSA) is 48.8 Å². The number of hydrogen-bond acceptors (Lipinski definition) is 4. The van der Waals surface area contributed by atoms with Crippen LogP contribution < -0.4 is 10.7 Å². The number of benzene rings is 1. The van der Waals surface area contributed by atoms with Gasteiger partial charge >= 0.3 is 0 Å². The Balaban J connectivity index is 1.81. The second kappa shape index (κ2) is 6.19. The van der Waals surface area contributed by atoms with Crippen molar-refractivity contribution in [2.24, 2.45) is 16.0 Å². The smallest absolute Gasteiger partial charge is 0.0857 e. The Morgan fingerprint density at radius 1 is 1.39 bits per heavy atom. The zero-order valence-corrected chi connectivity index (χ0v) is 11.0. The molecule has 1 aliphatic carbocycles. The first-order chi connectivity index (χ1) is 8.81. The monoisotopic (exact) mass is 244 g/mol. The van der Waals surface area contributed by atoms with Crippen LogP contribution in [0.25, 0.3) is 0 Å². The molecule has 1 fully saturated rings. The Morgan fingerprint density at radius 3 is 2.89 bits per heavy atom. The molecule has 1 aromatic carbocycles. The number of hydrogen-bond donors (Lipinski definition) is 2. The lowest BCUT2D eigenvalue weighted by Gasteiger charge is -2.03. The summed E-state index contributed by atoms with van der Waals surface area (Å²) in [6, 6.07) is 7.97. The molecule has 4 nitrogen and oxygen atoms in total. The van der Waals surface area contributed by atoms with Crippen molar-refractivity contribution < 1.29 is 0 Å². The van der Waals surface area contributed by atoms with E-state index < -0.39 is 0 Å². The number of nitrogens with zero attached hydrogens (tertiary/aromatic N) is 2. The third-order valence-electron chi connectivity index (χ3n) is 3.01. The van der Waals surface area contributed by atoms with Crippen LogP contribution in [-0.2, 0) is 0 Å². The number of anilines is 1. The molecule has 0 radical (unpaired) electrons. The summed E-state index contributed by atoms with van der Waals surface area (Å²) in [6.45, 7) is 2.74. The van der Waals surface area contributed by atoms with Gasteiger partial charge in [-0.2, -0.15) is 5.10 Å².